The van der Waals surface area contributed by atoms with E-state index in [9.17, 15) is 17.6 Å². The maximum Gasteiger partial charge on any atom is 0.263 e. The van der Waals surface area contributed by atoms with E-state index in [0.717, 1.165) is 25.2 Å². The minimum Gasteiger partial charge on any atom is -0.373 e. The fourth-order valence-electron chi connectivity index (χ4n) is 3.76. The largest absolute Gasteiger partial charge is 0.373 e. The second-order valence-corrected chi connectivity index (χ2v) is 11.0. The maximum atomic E-state index is 13.1. The number of hydrogen-bond acceptors (Lipinski definition) is 5. The molecule has 0 radical (unpaired) electrons. The highest BCUT2D eigenvalue weighted by Crippen LogP contribution is 2.26. The highest BCUT2D eigenvalue weighted by Gasteiger charge is 2.33. The standard InChI is InChI=1S/C23H29ClFN3O4S/c1-15-12-28(13-16(2)32-15)23(3,4)14-26-22(29)17-5-10-20(24)21(11-17)33(30,31)27-19-8-6-18(25)7-9-19/h5-11,15-16,27H,12-14H2,1-4H3,(H,26,29). The van der Waals surface area contributed by atoms with E-state index >= 15 is 0 Å². The van der Waals surface area contributed by atoms with Gasteiger partial charge in [-0.05, 0) is 70.2 Å². The first-order valence-electron chi connectivity index (χ1n) is 10.6. The van der Waals surface area contributed by atoms with Crippen LogP contribution >= 0.6 is 11.6 Å². The highest BCUT2D eigenvalue weighted by molar-refractivity contribution is 7.92. The molecule has 0 aromatic heterocycles. The summed E-state index contributed by atoms with van der Waals surface area (Å²) < 4.78 is 46.9. The summed E-state index contributed by atoms with van der Waals surface area (Å²) in [7, 11) is -4.09. The number of rotatable bonds is 7. The predicted molar refractivity (Wildman–Crippen MR) is 127 cm³/mol. The van der Waals surface area contributed by atoms with Crippen molar-refractivity contribution in [3.05, 3.63) is 58.9 Å². The Bertz CT molecular complexity index is 1100. The molecule has 7 nitrogen and oxygen atoms in total. The third kappa shape index (κ3) is 6.44. The van der Waals surface area contributed by atoms with E-state index in [2.05, 4.69) is 14.9 Å². The van der Waals surface area contributed by atoms with Crippen LogP contribution in [0.5, 0.6) is 0 Å². The minimum atomic E-state index is -4.09. The molecule has 1 aliphatic heterocycles. The number of halogens is 2. The quantitative estimate of drug-likeness (QED) is 0.605. The molecule has 2 aromatic carbocycles. The molecule has 2 unspecified atom stereocenters. The molecule has 2 aromatic rings. The van der Waals surface area contributed by atoms with Crippen LogP contribution in [0.25, 0.3) is 0 Å². The van der Waals surface area contributed by atoms with Gasteiger partial charge in [-0.2, -0.15) is 0 Å². The SMILES string of the molecule is CC1CN(C(C)(C)CNC(=O)c2ccc(Cl)c(S(=O)(=O)Nc3ccc(F)cc3)c2)CC(C)O1. The van der Waals surface area contributed by atoms with Gasteiger partial charge in [0.1, 0.15) is 10.7 Å². The number of benzene rings is 2. The van der Waals surface area contributed by atoms with Crippen LogP contribution in [-0.2, 0) is 14.8 Å². The molecule has 1 aliphatic rings. The lowest BCUT2D eigenvalue weighted by Crippen LogP contribution is -2.58. The van der Waals surface area contributed by atoms with Crippen molar-refractivity contribution in [3.8, 4) is 0 Å². The molecule has 0 saturated carbocycles. The van der Waals surface area contributed by atoms with E-state index in [-0.39, 0.29) is 38.9 Å². The first-order chi connectivity index (χ1) is 15.4. The van der Waals surface area contributed by atoms with Crippen molar-refractivity contribution in [2.45, 2.75) is 50.3 Å². The van der Waals surface area contributed by atoms with Gasteiger partial charge in [0, 0.05) is 36.4 Å². The average Bonchev–Trinajstić information content (AvgIpc) is 2.73. The van der Waals surface area contributed by atoms with E-state index < -0.39 is 21.7 Å². The van der Waals surface area contributed by atoms with Crippen molar-refractivity contribution >= 4 is 33.2 Å². The third-order valence-corrected chi connectivity index (χ3v) is 7.40. The summed E-state index contributed by atoms with van der Waals surface area (Å²) in [5.41, 5.74) is 0.0180. The first kappa shape index (κ1) is 25.4. The molecular formula is C23H29ClFN3O4S. The van der Waals surface area contributed by atoms with Crippen LogP contribution in [0.1, 0.15) is 38.1 Å². The van der Waals surface area contributed by atoms with Gasteiger partial charge < -0.3 is 10.1 Å². The summed E-state index contributed by atoms with van der Waals surface area (Å²) in [6.45, 7) is 10.0. The van der Waals surface area contributed by atoms with Gasteiger partial charge in [0.2, 0.25) is 0 Å². The Balaban J connectivity index is 1.72. The highest BCUT2D eigenvalue weighted by atomic mass is 35.5. The molecule has 2 atom stereocenters. The number of ether oxygens (including phenoxy) is 1. The van der Waals surface area contributed by atoms with Gasteiger partial charge in [0.15, 0.2) is 0 Å². The summed E-state index contributed by atoms with van der Waals surface area (Å²) >= 11 is 6.13. The smallest absolute Gasteiger partial charge is 0.263 e. The topological polar surface area (TPSA) is 87.7 Å². The third-order valence-electron chi connectivity index (χ3n) is 5.54. The molecular weight excluding hydrogens is 469 g/mol. The molecule has 1 heterocycles. The van der Waals surface area contributed by atoms with E-state index in [4.69, 9.17) is 16.3 Å². The molecule has 1 saturated heterocycles. The van der Waals surface area contributed by atoms with Gasteiger partial charge in [-0.3, -0.25) is 14.4 Å². The number of nitrogens with one attached hydrogen (secondary N) is 2. The van der Waals surface area contributed by atoms with Crippen LogP contribution in [0, 0.1) is 5.82 Å². The Morgan fingerprint density at radius 1 is 1.15 bits per heavy atom. The summed E-state index contributed by atoms with van der Waals surface area (Å²) in [6, 6.07) is 8.95. The van der Waals surface area contributed by atoms with Crippen molar-refractivity contribution in [2.75, 3.05) is 24.4 Å². The maximum absolute atomic E-state index is 13.1. The molecule has 0 spiro atoms. The molecule has 180 valence electrons. The normalized spacial score (nSPS) is 19.8. The summed E-state index contributed by atoms with van der Waals surface area (Å²) in [4.78, 5) is 14.9. The molecule has 1 amide bonds. The Hall–Kier alpha value is -2.20. The number of sulfonamides is 1. The number of carbonyl (C=O) groups excluding carboxylic acids is 1. The van der Waals surface area contributed by atoms with Crippen molar-refractivity contribution in [2.24, 2.45) is 0 Å². The van der Waals surface area contributed by atoms with Gasteiger partial charge in [0.05, 0.1) is 17.2 Å². The van der Waals surface area contributed by atoms with Crippen LogP contribution in [0.2, 0.25) is 5.02 Å². The Labute approximate surface area is 199 Å². The fraction of sp³-hybridized carbons (Fsp3) is 0.435. The lowest BCUT2D eigenvalue weighted by molar-refractivity contribution is -0.0948. The van der Waals surface area contributed by atoms with Crippen molar-refractivity contribution in [1.29, 1.82) is 0 Å². The number of amides is 1. The minimum absolute atomic E-state index is 0.0298. The molecule has 2 N–H and O–H groups in total. The number of anilines is 1. The van der Waals surface area contributed by atoms with Gasteiger partial charge in [-0.1, -0.05) is 11.6 Å². The first-order valence-corrected chi connectivity index (χ1v) is 12.5. The zero-order chi connectivity index (χ0) is 24.4. The summed E-state index contributed by atoms with van der Waals surface area (Å²) in [6.07, 6.45) is 0.197. The van der Waals surface area contributed by atoms with E-state index in [1.807, 2.05) is 27.7 Å². The lowest BCUT2D eigenvalue weighted by Gasteiger charge is -2.45. The lowest BCUT2D eigenvalue weighted by atomic mass is 10.00. The predicted octanol–water partition coefficient (Wildman–Crippen LogP) is 3.90. The van der Waals surface area contributed by atoms with E-state index in [1.54, 1.807) is 0 Å². The zero-order valence-electron chi connectivity index (χ0n) is 19.1. The summed E-state index contributed by atoms with van der Waals surface area (Å²) in [5.74, 6) is -0.897. The van der Waals surface area contributed by atoms with Crippen molar-refractivity contribution in [3.63, 3.8) is 0 Å². The van der Waals surface area contributed by atoms with E-state index in [1.165, 1.54) is 30.3 Å². The molecule has 0 bridgehead atoms. The average molecular weight is 498 g/mol. The Kier molecular flexibility index (Phi) is 7.68. The van der Waals surface area contributed by atoms with Crippen LogP contribution in [0.3, 0.4) is 0 Å². The number of morpholine rings is 1. The second-order valence-electron chi connectivity index (χ2n) is 8.92. The van der Waals surface area contributed by atoms with Gasteiger partial charge in [-0.15, -0.1) is 0 Å². The Morgan fingerprint density at radius 3 is 2.36 bits per heavy atom. The van der Waals surface area contributed by atoms with Crippen LogP contribution in [0.15, 0.2) is 47.4 Å². The van der Waals surface area contributed by atoms with Gasteiger partial charge in [-0.25, -0.2) is 12.8 Å². The molecule has 10 heteroatoms. The van der Waals surface area contributed by atoms with Crippen LogP contribution in [0.4, 0.5) is 10.1 Å². The van der Waals surface area contributed by atoms with Gasteiger partial charge >= 0.3 is 0 Å². The Morgan fingerprint density at radius 2 is 1.76 bits per heavy atom. The number of nitrogens with zero attached hydrogens (tertiary/aromatic N) is 1. The monoisotopic (exact) mass is 497 g/mol. The number of carbonyl (C=O) groups is 1. The van der Waals surface area contributed by atoms with Gasteiger partial charge in [0.25, 0.3) is 15.9 Å². The fourth-order valence-corrected chi connectivity index (χ4v) is 5.35. The van der Waals surface area contributed by atoms with E-state index in [0.29, 0.717) is 6.54 Å². The molecule has 0 aliphatic carbocycles. The summed E-state index contributed by atoms with van der Waals surface area (Å²) in [5, 5.41) is 2.87. The van der Waals surface area contributed by atoms with Crippen molar-refractivity contribution < 1.29 is 22.3 Å². The van der Waals surface area contributed by atoms with Crippen LogP contribution in [-0.4, -0.2) is 56.6 Å². The molecule has 1 fully saturated rings. The molecule has 3 rings (SSSR count). The number of hydrogen-bond donors (Lipinski definition) is 2. The molecule has 33 heavy (non-hydrogen) atoms. The second kappa shape index (κ2) is 9.97. The zero-order valence-corrected chi connectivity index (χ0v) is 20.6. The van der Waals surface area contributed by atoms with Crippen LogP contribution < -0.4 is 10.0 Å². The van der Waals surface area contributed by atoms with Crippen molar-refractivity contribution in [1.82, 2.24) is 10.2 Å².